The number of carbonyl (C=O) groups excluding carboxylic acids is 2. The molecule has 0 unspecified atom stereocenters. The van der Waals surface area contributed by atoms with Crippen molar-refractivity contribution < 1.29 is 9.59 Å². The SMILES string of the molecule is O=C(NCc1cccc2ccccc12)[C@@H]1CCCN1C(=O)CCC1=[N+]c2ccccc2N1. The molecule has 2 N–H and O–H groups in total. The van der Waals surface area contributed by atoms with E-state index in [1.165, 1.54) is 0 Å². The molecule has 2 amide bonds. The van der Waals surface area contributed by atoms with Gasteiger partial charge in [0.1, 0.15) is 6.04 Å². The minimum absolute atomic E-state index is 0.00765. The van der Waals surface area contributed by atoms with Gasteiger partial charge >= 0.3 is 0 Å². The summed E-state index contributed by atoms with van der Waals surface area (Å²) in [5.74, 6) is 0.733. The summed E-state index contributed by atoms with van der Waals surface area (Å²) in [6.45, 7) is 1.09. The topological polar surface area (TPSA) is 75.5 Å². The second-order valence-electron chi connectivity index (χ2n) is 8.30. The number of carbonyl (C=O) groups is 2. The summed E-state index contributed by atoms with van der Waals surface area (Å²) in [5.41, 5.74) is 2.96. The van der Waals surface area contributed by atoms with Gasteiger partial charge in [0, 0.05) is 19.5 Å². The predicted molar refractivity (Wildman–Crippen MR) is 127 cm³/mol. The fraction of sp³-hybridized carbons (Fsp3) is 0.269. The van der Waals surface area contributed by atoms with Crippen LogP contribution in [0.3, 0.4) is 0 Å². The number of amidine groups is 1. The highest BCUT2D eigenvalue weighted by molar-refractivity contribution is 6.04. The van der Waals surface area contributed by atoms with Gasteiger partial charge in [-0.2, -0.15) is 0 Å². The van der Waals surface area contributed by atoms with Crippen molar-refractivity contribution in [1.29, 1.82) is 0 Å². The van der Waals surface area contributed by atoms with Gasteiger partial charge in [0.2, 0.25) is 17.5 Å². The second kappa shape index (κ2) is 8.83. The van der Waals surface area contributed by atoms with Crippen LogP contribution in [0.2, 0.25) is 0 Å². The lowest BCUT2D eigenvalue weighted by Gasteiger charge is -2.24. The standard InChI is InChI=1S/C26H26N4O2/c31-25(15-14-24-28-21-11-3-4-12-22(21)29-24)30-16-6-13-23(30)26(32)27-17-19-9-5-8-18-7-1-2-10-20(18)19/h1-5,7-12,23,28H,6,13-17H2,(H,27,32)/q+1/t23-/m0/s1. The maximum Gasteiger partial charge on any atom is 0.298 e. The van der Waals surface area contributed by atoms with E-state index in [0.29, 0.717) is 32.4 Å². The fourth-order valence-electron chi connectivity index (χ4n) is 4.58. The zero-order valence-electron chi connectivity index (χ0n) is 17.9. The van der Waals surface area contributed by atoms with E-state index >= 15 is 0 Å². The van der Waals surface area contributed by atoms with E-state index in [1.54, 1.807) is 4.90 Å². The average Bonchev–Trinajstić information content (AvgIpc) is 3.48. The number of hydrogen-bond donors (Lipinski definition) is 2. The minimum Gasteiger partial charge on any atom is -0.350 e. The number of para-hydroxylation sites is 2. The zero-order chi connectivity index (χ0) is 21.9. The number of benzene rings is 3. The summed E-state index contributed by atoms with van der Waals surface area (Å²) in [7, 11) is 0. The highest BCUT2D eigenvalue weighted by Crippen LogP contribution is 2.25. The number of likely N-dealkylation sites (tertiary alicyclic amines) is 1. The molecular weight excluding hydrogens is 400 g/mol. The summed E-state index contributed by atoms with van der Waals surface area (Å²) in [6.07, 6.45) is 2.43. The van der Waals surface area contributed by atoms with Crippen LogP contribution >= 0.6 is 0 Å². The molecule has 2 heterocycles. The number of nitrogens with zero attached hydrogens (tertiary/aromatic N) is 2. The van der Waals surface area contributed by atoms with Crippen LogP contribution in [0.1, 0.15) is 31.2 Å². The van der Waals surface area contributed by atoms with Gasteiger partial charge in [0.25, 0.3) is 5.84 Å². The quantitative estimate of drug-likeness (QED) is 0.631. The molecule has 3 aromatic rings. The Bertz CT molecular complexity index is 1200. The largest absolute Gasteiger partial charge is 0.350 e. The molecule has 5 rings (SSSR count). The molecule has 1 fully saturated rings. The third-order valence-corrected chi connectivity index (χ3v) is 6.22. The van der Waals surface area contributed by atoms with Gasteiger partial charge in [-0.3, -0.25) is 9.59 Å². The molecule has 0 aromatic heterocycles. The van der Waals surface area contributed by atoms with Crippen molar-refractivity contribution >= 4 is 39.8 Å². The number of amides is 2. The lowest BCUT2D eigenvalue weighted by atomic mass is 10.0. The summed E-state index contributed by atoms with van der Waals surface area (Å²) < 4.78 is 0. The molecule has 2 aliphatic heterocycles. The molecule has 1 radical (unpaired) electrons. The molecule has 32 heavy (non-hydrogen) atoms. The first-order chi connectivity index (χ1) is 15.7. The van der Waals surface area contributed by atoms with Gasteiger partial charge in [-0.1, -0.05) is 54.6 Å². The lowest BCUT2D eigenvalue weighted by molar-refractivity contribution is -0.138. The fourth-order valence-corrected chi connectivity index (χ4v) is 4.58. The number of nitrogens with one attached hydrogen (secondary N) is 2. The van der Waals surface area contributed by atoms with Crippen molar-refractivity contribution in [2.75, 3.05) is 11.9 Å². The van der Waals surface area contributed by atoms with Crippen LogP contribution in [0.25, 0.3) is 10.8 Å². The molecule has 1 saturated heterocycles. The van der Waals surface area contributed by atoms with E-state index in [2.05, 4.69) is 33.8 Å². The molecule has 6 heteroatoms. The number of rotatable bonds is 6. The number of anilines is 1. The van der Waals surface area contributed by atoms with Crippen LogP contribution in [0.4, 0.5) is 11.4 Å². The van der Waals surface area contributed by atoms with Crippen molar-refractivity contribution in [3.8, 4) is 0 Å². The maximum absolute atomic E-state index is 12.9. The van der Waals surface area contributed by atoms with E-state index in [9.17, 15) is 9.59 Å². The minimum atomic E-state index is -0.395. The molecule has 0 saturated carbocycles. The number of fused-ring (bicyclic) bond motifs is 2. The molecule has 6 nitrogen and oxygen atoms in total. The molecule has 2 aliphatic rings. The lowest BCUT2D eigenvalue weighted by Crippen LogP contribution is -2.45. The second-order valence-corrected chi connectivity index (χ2v) is 8.30. The third kappa shape index (κ3) is 4.08. The van der Waals surface area contributed by atoms with Crippen LogP contribution in [0, 0.1) is 0 Å². The monoisotopic (exact) mass is 426 g/mol. The Balaban J connectivity index is 1.18. The zero-order valence-corrected chi connectivity index (χ0v) is 17.9. The summed E-state index contributed by atoms with van der Waals surface area (Å²) in [5, 5.41) is 8.62. The van der Waals surface area contributed by atoms with Gasteiger partial charge in [-0.05, 0) is 46.3 Å². The van der Waals surface area contributed by atoms with Crippen LogP contribution < -0.4 is 15.6 Å². The Morgan fingerprint density at radius 1 is 1.03 bits per heavy atom. The Kier molecular flexibility index (Phi) is 5.58. The van der Waals surface area contributed by atoms with Crippen molar-refractivity contribution in [3.63, 3.8) is 0 Å². The summed E-state index contributed by atoms with van der Waals surface area (Å²) in [4.78, 5) is 32.1. The summed E-state index contributed by atoms with van der Waals surface area (Å²) in [6, 6.07) is 21.7. The third-order valence-electron chi connectivity index (χ3n) is 6.22. The van der Waals surface area contributed by atoms with Crippen LogP contribution in [-0.4, -0.2) is 35.1 Å². The average molecular weight is 427 g/mol. The molecule has 0 aliphatic carbocycles. The van der Waals surface area contributed by atoms with Crippen molar-refractivity contribution in [2.45, 2.75) is 38.3 Å². The van der Waals surface area contributed by atoms with Crippen molar-refractivity contribution in [2.24, 2.45) is 0 Å². The van der Waals surface area contributed by atoms with Crippen LogP contribution in [-0.2, 0) is 16.1 Å². The van der Waals surface area contributed by atoms with E-state index in [0.717, 1.165) is 40.0 Å². The molecule has 161 valence electrons. The van der Waals surface area contributed by atoms with Crippen molar-refractivity contribution in [1.82, 2.24) is 15.2 Å². The first-order valence-electron chi connectivity index (χ1n) is 11.2. The first-order valence-corrected chi connectivity index (χ1v) is 11.2. The highest BCUT2D eigenvalue weighted by Gasteiger charge is 2.34. The van der Waals surface area contributed by atoms with E-state index in [-0.39, 0.29) is 11.8 Å². The Morgan fingerprint density at radius 2 is 1.84 bits per heavy atom. The van der Waals surface area contributed by atoms with E-state index < -0.39 is 6.04 Å². The normalized spacial score (nSPS) is 17.1. The van der Waals surface area contributed by atoms with Gasteiger partial charge in [0.05, 0.1) is 6.42 Å². The predicted octanol–water partition coefficient (Wildman–Crippen LogP) is 3.72. The molecule has 0 bridgehead atoms. The Morgan fingerprint density at radius 3 is 2.75 bits per heavy atom. The Hall–Kier alpha value is -3.67. The summed E-state index contributed by atoms with van der Waals surface area (Å²) >= 11 is 0. The first kappa shape index (κ1) is 20.2. The van der Waals surface area contributed by atoms with Gasteiger partial charge in [0.15, 0.2) is 5.69 Å². The van der Waals surface area contributed by atoms with Crippen LogP contribution in [0.15, 0.2) is 66.7 Å². The molecule has 3 aromatic carbocycles. The molecular formula is C26H26N4O2+. The van der Waals surface area contributed by atoms with Gasteiger partial charge < -0.3 is 10.2 Å². The molecule has 0 spiro atoms. The maximum atomic E-state index is 12.9. The van der Waals surface area contributed by atoms with E-state index in [4.69, 9.17) is 0 Å². The number of aliphatic imine (C=N–C) groups is 1. The molecule has 1 atom stereocenters. The van der Waals surface area contributed by atoms with Gasteiger partial charge in [-0.15, -0.1) is 0 Å². The smallest absolute Gasteiger partial charge is 0.298 e. The van der Waals surface area contributed by atoms with Crippen LogP contribution in [0.5, 0.6) is 0 Å². The van der Waals surface area contributed by atoms with Gasteiger partial charge in [-0.25, -0.2) is 5.32 Å². The Labute approximate surface area is 187 Å². The van der Waals surface area contributed by atoms with E-state index in [1.807, 2.05) is 48.5 Å². The number of hydrogen-bond acceptors (Lipinski definition) is 4. The van der Waals surface area contributed by atoms with Crippen molar-refractivity contribution in [3.05, 3.63) is 72.3 Å². The highest BCUT2D eigenvalue weighted by atomic mass is 16.2.